The smallest absolute Gasteiger partial charge is 0.289 e. The predicted octanol–water partition coefficient (Wildman–Crippen LogP) is 2.08. The number of ether oxygens (including phenoxy) is 2. The highest BCUT2D eigenvalue weighted by Gasteiger charge is 2.23. The Balaban J connectivity index is 1.45. The number of nitrogens with one attached hydrogen (secondary N) is 1. The van der Waals surface area contributed by atoms with Crippen molar-refractivity contribution in [2.45, 2.75) is 6.42 Å². The van der Waals surface area contributed by atoms with E-state index in [2.05, 4.69) is 10.2 Å². The lowest BCUT2D eigenvalue weighted by atomic mass is 10.2. The molecule has 150 valence electrons. The SMILES string of the molecule is COc1ccc(OC)c(NC(=O)CCN2CCN(C(=O)c3ccco3)CC2)c1. The molecule has 1 aromatic carbocycles. The molecular weight excluding hydrogens is 362 g/mol. The van der Waals surface area contributed by atoms with Gasteiger partial charge in [0.15, 0.2) is 5.76 Å². The molecule has 1 aromatic heterocycles. The molecule has 0 aliphatic carbocycles. The second kappa shape index (κ2) is 9.27. The van der Waals surface area contributed by atoms with Crippen LogP contribution in [0.25, 0.3) is 0 Å². The van der Waals surface area contributed by atoms with Gasteiger partial charge in [0.1, 0.15) is 11.5 Å². The molecule has 8 heteroatoms. The van der Waals surface area contributed by atoms with E-state index in [-0.39, 0.29) is 11.8 Å². The van der Waals surface area contributed by atoms with Crippen LogP contribution in [0.4, 0.5) is 5.69 Å². The molecule has 2 aromatic rings. The first-order valence-electron chi connectivity index (χ1n) is 9.17. The highest BCUT2D eigenvalue weighted by molar-refractivity contribution is 5.93. The van der Waals surface area contributed by atoms with Crippen LogP contribution in [0.15, 0.2) is 41.0 Å². The number of furan rings is 1. The van der Waals surface area contributed by atoms with E-state index in [0.717, 1.165) is 13.1 Å². The van der Waals surface area contributed by atoms with Gasteiger partial charge in [-0.25, -0.2) is 0 Å². The Morgan fingerprint density at radius 3 is 2.54 bits per heavy atom. The number of carbonyl (C=O) groups excluding carboxylic acids is 2. The quantitative estimate of drug-likeness (QED) is 0.783. The monoisotopic (exact) mass is 387 g/mol. The number of benzene rings is 1. The van der Waals surface area contributed by atoms with Crippen LogP contribution < -0.4 is 14.8 Å². The first kappa shape index (κ1) is 19.8. The van der Waals surface area contributed by atoms with Crippen LogP contribution in [-0.2, 0) is 4.79 Å². The Morgan fingerprint density at radius 2 is 1.89 bits per heavy atom. The molecule has 8 nitrogen and oxygen atoms in total. The van der Waals surface area contributed by atoms with Crippen LogP contribution in [0.3, 0.4) is 0 Å². The molecule has 0 bridgehead atoms. The maximum atomic E-state index is 12.3. The number of amides is 2. The molecule has 1 fully saturated rings. The third-order valence-electron chi connectivity index (χ3n) is 4.73. The Morgan fingerprint density at radius 1 is 1.11 bits per heavy atom. The molecule has 1 aliphatic heterocycles. The number of methoxy groups -OCH3 is 2. The normalized spacial score (nSPS) is 14.6. The Hall–Kier alpha value is -3.00. The molecule has 0 unspecified atom stereocenters. The predicted molar refractivity (Wildman–Crippen MR) is 104 cm³/mol. The summed E-state index contributed by atoms with van der Waals surface area (Å²) < 4.78 is 15.6. The average molecular weight is 387 g/mol. The van der Waals surface area contributed by atoms with Crippen molar-refractivity contribution in [3.05, 3.63) is 42.4 Å². The summed E-state index contributed by atoms with van der Waals surface area (Å²) in [5.41, 5.74) is 0.584. The van der Waals surface area contributed by atoms with Crippen molar-refractivity contribution < 1.29 is 23.5 Å². The summed E-state index contributed by atoms with van der Waals surface area (Å²) in [5.74, 6) is 1.40. The van der Waals surface area contributed by atoms with Crippen LogP contribution in [-0.4, -0.2) is 68.6 Å². The lowest BCUT2D eigenvalue weighted by Gasteiger charge is -2.34. The molecule has 0 saturated carbocycles. The van der Waals surface area contributed by atoms with Crippen LogP contribution in [0, 0.1) is 0 Å². The number of piperazine rings is 1. The van der Waals surface area contributed by atoms with Gasteiger partial charge in [0.05, 0.1) is 26.2 Å². The summed E-state index contributed by atoms with van der Waals surface area (Å²) >= 11 is 0. The molecule has 1 N–H and O–H groups in total. The van der Waals surface area contributed by atoms with Crippen molar-refractivity contribution >= 4 is 17.5 Å². The first-order chi connectivity index (χ1) is 13.6. The highest BCUT2D eigenvalue weighted by Crippen LogP contribution is 2.28. The number of rotatable bonds is 7. The molecule has 0 spiro atoms. The van der Waals surface area contributed by atoms with Gasteiger partial charge in [-0.3, -0.25) is 14.5 Å². The maximum Gasteiger partial charge on any atom is 0.289 e. The zero-order valence-corrected chi connectivity index (χ0v) is 16.1. The molecule has 3 rings (SSSR count). The van der Waals surface area contributed by atoms with Gasteiger partial charge >= 0.3 is 0 Å². The molecule has 2 heterocycles. The minimum atomic E-state index is -0.0966. The Bertz CT molecular complexity index is 798. The van der Waals surface area contributed by atoms with Gasteiger partial charge in [-0.1, -0.05) is 0 Å². The average Bonchev–Trinajstić information content (AvgIpc) is 3.27. The van der Waals surface area contributed by atoms with Crippen LogP contribution in [0.1, 0.15) is 17.0 Å². The first-order valence-corrected chi connectivity index (χ1v) is 9.17. The van der Waals surface area contributed by atoms with Crippen molar-refractivity contribution in [1.29, 1.82) is 0 Å². The van der Waals surface area contributed by atoms with Crippen molar-refractivity contribution in [3.8, 4) is 11.5 Å². The largest absolute Gasteiger partial charge is 0.497 e. The van der Waals surface area contributed by atoms with Gasteiger partial charge in [0, 0.05) is 45.2 Å². The standard InChI is InChI=1S/C20H25N3O5/c1-26-15-5-6-17(27-2)16(14-15)21-19(24)7-8-22-9-11-23(12-10-22)20(25)18-4-3-13-28-18/h3-6,13-14H,7-12H2,1-2H3,(H,21,24). The Labute approximate surface area is 164 Å². The van der Waals surface area contributed by atoms with Crippen LogP contribution >= 0.6 is 0 Å². The van der Waals surface area contributed by atoms with E-state index in [9.17, 15) is 9.59 Å². The molecule has 1 aliphatic rings. The Kier molecular flexibility index (Phi) is 6.54. The minimum Gasteiger partial charge on any atom is -0.497 e. The van der Waals surface area contributed by atoms with E-state index in [1.54, 1.807) is 49.5 Å². The van der Waals surface area contributed by atoms with E-state index < -0.39 is 0 Å². The fourth-order valence-corrected chi connectivity index (χ4v) is 3.11. The van der Waals surface area contributed by atoms with Gasteiger partial charge < -0.3 is 24.1 Å². The van der Waals surface area contributed by atoms with Gasteiger partial charge in [-0.15, -0.1) is 0 Å². The minimum absolute atomic E-state index is 0.0903. The number of hydrogen-bond acceptors (Lipinski definition) is 6. The summed E-state index contributed by atoms with van der Waals surface area (Å²) in [7, 11) is 3.13. The zero-order valence-electron chi connectivity index (χ0n) is 16.1. The number of anilines is 1. The lowest BCUT2D eigenvalue weighted by molar-refractivity contribution is -0.116. The summed E-state index contributed by atoms with van der Waals surface area (Å²) in [6.07, 6.45) is 1.85. The summed E-state index contributed by atoms with van der Waals surface area (Å²) in [4.78, 5) is 28.6. The van der Waals surface area contributed by atoms with Gasteiger partial charge in [-0.2, -0.15) is 0 Å². The van der Waals surface area contributed by atoms with E-state index >= 15 is 0 Å². The van der Waals surface area contributed by atoms with E-state index in [1.165, 1.54) is 6.26 Å². The topological polar surface area (TPSA) is 84.3 Å². The number of hydrogen-bond donors (Lipinski definition) is 1. The van der Waals surface area contributed by atoms with Crippen LogP contribution in [0.5, 0.6) is 11.5 Å². The van der Waals surface area contributed by atoms with Gasteiger partial charge in [0.25, 0.3) is 5.91 Å². The summed E-state index contributed by atoms with van der Waals surface area (Å²) in [5, 5.41) is 2.87. The molecule has 1 saturated heterocycles. The molecule has 2 amide bonds. The third kappa shape index (κ3) is 4.83. The van der Waals surface area contributed by atoms with Gasteiger partial charge in [-0.05, 0) is 24.3 Å². The number of nitrogens with zero attached hydrogens (tertiary/aromatic N) is 2. The maximum absolute atomic E-state index is 12.3. The fraction of sp³-hybridized carbons (Fsp3) is 0.400. The highest BCUT2D eigenvalue weighted by atomic mass is 16.5. The van der Waals surface area contributed by atoms with Crippen molar-refractivity contribution in [3.63, 3.8) is 0 Å². The summed E-state index contributed by atoms with van der Waals surface area (Å²) in [6, 6.07) is 8.64. The third-order valence-corrected chi connectivity index (χ3v) is 4.73. The molecule has 0 radical (unpaired) electrons. The second-order valence-corrected chi connectivity index (χ2v) is 6.48. The van der Waals surface area contributed by atoms with Gasteiger partial charge in [0.2, 0.25) is 5.91 Å². The number of carbonyl (C=O) groups is 2. The second-order valence-electron chi connectivity index (χ2n) is 6.48. The summed E-state index contributed by atoms with van der Waals surface area (Å²) in [6.45, 7) is 3.31. The fourth-order valence-electron chi connectivity index (χ4n) is 3.11. The van der Waals surface area contributed by atoms with E-state index in [0.29, 0.717) is 49.0 Å². The van der Waals surface area contributed by atoms with Crippen molar-refractivity contribution in [2.24, 2.45) is 0 Å². The van der Waals surface area contributed by atoms with Crippen molar-refractivity contribution in [1.82, 2.24) is 9.80 Å². The lowest BCUT2D eigenvalue weighted by Crippen LogP contribution is -2.49. The van der Waals surface area contributed by atoms with E-state index in [4.69, 9.17) is 13.9 Å². The molecule has 28 heavy (non-hydrogen) atoms. The molecule has 0 atom stereocenters. The zero-order chi connectivity index (χ0) is 19.9. The van der Waals surface area contributed by atoms with Crippen LogP contribution in [0.2, 0.25) is 0 Å². The van der Waals surface area contributed by atoms with Crippen molar-refractivity contribution in [2.75, 3.05) is 52.3 Å². The van der Waals surface area contributed by atoms with E-state index in [1.807, 2.05) is 0 Å². The molecular formula is C20H25N3O5.